The molecular formula is C8H16BNO. The van der Waals surface area contributed by atoms with Crippen molar-refractivity contribution in [3.8, 4) is 0 Å². The number of fused-ring (bicyclic) bond motifs is 3. The maximum atomic E-state index is 9.63. The van der Waals surface area contributed by atoms with E-state index in [2.05, 4.69) is 4.90 Å². The Kier molecular flexibility index (Phi) is 1.73. The second-order valence-electron chi connectivity index (χ2n) is 4.13. The minimum atomic E-state index is -0.0926. The van der Waals surface area contributed by atoms with Crippen molar-refractivity contribution in [3.05, 3.63) is 0 Å². The molecule has 3 aliphatic heterocycles. The first-order valence-electron chi connectivity index (χ1n) is 4.63. The monoisotopic (exact) mass is 153 g/mol. The fourth-order valence-electron chi connectivity index (χ4n) is 2.48. The number of nitrogens with zero attached hydrogens (tertiary/aromatic N) is 1. The van der Waals surface area contributed by atoms with Gasteiger partial charge in [0.25, 0.3) is 0 Å². The maximum Gasteiger partial charge on any atom is 0.139 e. The van der Waals surface area contributed by atoms with Crippen molar-refractivity contribution >= 4 is 7.85 Å². The van der Waals surface area contributed by atoms with E-state index in [-0.39, 0.29) is 6.00 Å². The molecule has 11 heavy (non-hydrogen) atoms. The number of aliphatic hydroxyl groups excluding tert-OH is 1. The van der Waals surface area contributed by atoms with Gasteiger partial charge in [-0.2, -0.15) is 0 Å². The van der Waals surface area contributed by atoms with Crippen molar-refractivity contribution < 1.29 is 5.11 Å². The minimum absolute atomic E-state index is 0.0926. The van der Waals surface area contributed by atoms with Crippen molar-refractivity contribution in [2.75, 3.05) is 19.6 Å². The Morgan fingerprint density at radius 1 is 1.18 bits per heavy atom. The largest absolute Gasteiger partial charge is 0.402 e. The summed E-state index contributed by atoms with van der Waals surface area (Å²) in [5, 5.41) is 9.63. The zero-order valence-corrected chi connectivity index (χ0v) is 7.21. The summed E-state index contributed by atoms with van der Waals surface area (Å²) in [6.07, 6.45) is 3.64. The molecule has 1 atom stereocenters. The standard InChI is InChI=1S/C8H16BNO/c9-7(11)8-1-4-10(5-2-8)6-3-8/h7,11H,1-6,9H2. The van der Waals surface area contributed by atoms with Crippen LogP contribution in [0.2, 0.25) is 0 Å². The highest BCUT2D eigenvalue weighted by Crippen LogP contribution is 2.41. The first-order chi connectivity index (χ1) is 5.23. The first-order valence-corrected chi connectivity index (χ1v) is 4.63. The van der Waals surface area contributed by atoms with Crippen molar-refractivity contribution in [1.82, 2.24) is 4.90 Å². The predicted molar refractivity (Wildman–Crippen MR) is 47.3 cm³/mol. The zero-order chi connectivity index (χ0) is 7.90. The number of aliphatic hydroxyl groups is 1. The zero-order valence-electron chi connectivity index (χ0n) is 7.21. The smallest absolute Gasteiger partial charge is 0.139 e. The van der Waals surface area contributed by atoms with E-state index in [9.17, 15) is 5.11 Å². The van der Waals surface area contributed by atoms with Crippen molar-refractivity contribution in [2.24, 2.45) is 5.41 Å². The van der Waals surface area contributed by atoms with E-state index >= 15 is 0 Å². The molecule has 2 nitrogen and oxygen atoms in total. The van der Waals surface area contributed by atoms with Gasteiger partial charge < -0.3 is 10.0 Å². The third-order valence-corrected chi connectivity index (χ3v) is 3.66. The van der Waals surface area contributed by atoms with E-state index in [0.717, 1.165) is 0 Å². The molecule has 0 spiro atoms. The second-order valence-corrected chi connectivity index (χ2v) is 4.13. The highest BCUT2D eigenvalue weighted by molar-refractivity contribution is 6.11. The third-order valence-electron chi connectivity index (χ3n) is 3.66. The third kappa shape index (κ3) is 1.11. The van der Waals surface area contributed by atoms with Crippen molar-refractivity contribution in [3.63, 3.8) is 0 Å². The number of hydrogen-bond acceptors (Lipinski definition) is 2. The summed E-state index contributed by atoms with van der Waals surface area (Å²) in [7, 11) is 1.96. The first kappa shape index (κ1) is 7.62. The van der Waals surface area contributed by atoms with E-state index < -0.39 is 0 Å². The van der Waals surface area contributed by atoms with Crippen LogP contribution < -0.4 is 0 Å². The summed E-state index contributed by atoms with van der Waals surface area (Å²) in [6, 6.07) is -0.0926. The Bertz CT molecular complexity index is 138. The minimum Gasteiger partial charge on any atom is -0.402 e. The summed E-state index contributed by atoms with van der Waals surface area (Å²) >= 11 is 0. The average molecular weight is 153 g/mol. The molecule has 0 aromatic carbocycles. The highest BCUT2D eigenvalue weighted by atomic mass is 16.3. The molecule has 0 aliphatic carbocycles. The molecule has 3 rings (SSSR count). The molecule has 0 amide bonds. The molecule has 0 saturated carbocycles. The van der Waals surface area contributed by atoms with E-state index in [0.29, 0.717) is 5.41 Å². The van der Waals surface area contributed by atoms with Crippen LogP contribution in [-0.4, -0.2) is 43.5 Å². The van der Waals surface area contributed by atoms with Crippen LogP contribution in [0, 0.1) is 5.41 Å². The lowest BCUT2D eigenvalue weighted by Crippen LogP contribution is -2.53. The van der Waals surface area contributed by atoms with Gasteiger partial charge in [-0.15, -0.1) is 0 Å². The molecule has 1 N–H and O–H groups in total. The SMILES string of the molecule is BC(O)C12CCN(CC1)CC2. The fourth-order valence-corrected chi connectivity index (χ4v) is 2.48. The Balaban J connectivity index is 2.12. The Hall–Kier alpha value is -0.0151. The van der Waals surface area contributed by atoms with Gasteiger partial charge in [-0.3, -0.25) is 0 Å². The summed E-state index contributed by atoms with van der Waals surface area (Å²) in [6.45, 7) is 3.64. The predicted octanol–water partition coefficient (Wildman–Crippen LogP) is -0.576. The normalized spacial score (nSPS) is 45.7. The van der Waals surface area contributed by atoms with E-state index in [1.54, 1.807) is 0 Å². The quantitative estimate of drug-likeness (QED) is 0.509. The van der Waals surface area contributed by atoms with Gasteiger partial charge >= 0.3 is 0 Å². The molecule has 3 aliphatic rings. The Morgan fingerprint density at radius 3 is 1.91 bits per heavy atom. The molecule has 62 valence electrons. The molecule has 3 saturated heterocycles. The molecular weight excluding hydrogens is 137 g/mol. The summed E-state index contributed by atoms with van der Waals surface area (Å²) in [5.41, 5.74) is 0.300. The van der Waals surface area contributed by atoms with Crippen LogP contribution in [-0.2, 0) is 0 Å². The fraction of sp³-hybridized carbons (Fsp3) is 1.00. The van der Waals surface area contributed by atoms with E-state index in [1.165, 1.54) is 38.9 Å². The van der Waals surface area contributed by atoms with Gasteiger partial charge in [0, 0.05) is 6.00 Å². The Labute approximate surface area is 69.0 Å². The van der Waals surface area contributed by atoms with Gasteiger partial charge in [-0.25, -0.2) is 0 Å². The lowest BCUT2D eigenvalue weighted by atomic mass is 9.63. The molecule has 0 radical (unpaired) electrons. The lowest BCUT2D eigenvalue weighted by Gasteiger charge is -2.50. The van der Waals surface area contributed by atoms with Gasteiger partial charge in [0.1, 0.15) is 7.85 Å². The van der Waals surface area contributed by atoms with Crippen molar-refractivity contribution in [2.45, 2.75) is 25.3 Å². The van der Waals surface area contributed by atoms with Crippen molar-refractivity contribution in [1.29, 1.82) is 0 Å². The van der Waals surface area contributed by atoms with Crippen LogP contribution >= 0.6 is 0 Å². The number of rotatable bonds is 1. The van der Waals surface area contributed by atoms with Crippen LogP contribution in [0.3, 0.4) is 0 Å². The van der Waals surface area contributed by atoms with Gasteiger partial charge in [-0.05, 0) is 44.3 Å². The molecule has 2 bridgehead atoms. The molecule has 0 aromatic heterocycles. The summed E-state index contributed by atoms with van der Waals surface area (Å²) < 4.78 is 0. The number of piperidine rings is 3. The van der Waals surface area contributed by atoms with Crippen LogP contribution in [0.5, 0.6) is 0 Å². The van der Waals surface area contributed by atoms with Crippen LogP contribution in [0.25, 0.3) is 0 Å². The molecule has 0 aromatic rings. The van der Waals surface area contributed by atoms with Crippen LogP contribution in [0.15, 0.2) is 0 Å². The Morgan fingerprint density at radius 2 is 1.64 bits per heavy atom. The molecule has 1 unspecified atom stereocenters. The van der Waals surface area contributed by atoms with Gasteiger partial charge in [0.2, 0.25) is 0 Å². The topological polar surface area (TPSA) is 23.5 Å². The summed E-state index contributed by atoms with van der Waals surface area (Å²) in [5.74, 6) is 0. The van der Waals surface area contributed by atoms with Gasteiger partial charge in [0.15, 0.2) is 0 Å². The average Bonchev–Trinajstić information content (AvgIpc) is 2.08. The summed E-state index contributed by atoms with van der Waals surface area (Å²) in [4.78, 5) is 2.50. The maximum absolute atomic E-state index is 9.63. The van der Waals surface area contributed by atoms with Crippen LogP contribution in [0.4, 0.5) is 0 Å². The molecule has 3 fully saturated rings. The lowest BCUT2D eigenvalue weighted by molar-refractivity contribution is -0.0340. The van der Waals surface area contributed by atoms with Crippen LogP contribution in [0.1, 0.15) is 19.3 Å². The van der Waals surface area contributed by atoms with Gasteiger partial charge in [-0.1, -0.05) is 0 Å². The number of hydrogen-bond donors (Lipinski definition) is 1. The molecule has 3 heteroatoms. The molecule has 3 heterocycles. The second kappa shape index (κ2) is 2.49. The highest BCUT2D eigenvalue weighted by Gasteiger charge is 2.42. The van der Waals surface area contributed by atoms with Gasteiger partial charge in [0.05, 0.1) is 0 Å². The van der Waals surface area contributed by atoms with E-state index in [4.69, 9.17) is 0 Å². The van der Waals surface area contributed by atoms with E-state index in [1.807, 2.05) is 7.85 Å².